The summed E-state index contributed by atoms with van der Waals surface area (Å²) >= 11 is 0. The second-order valence-corrected chi connectivity index (χ2v) is 4.99. The first kappa shape index (κ1) is 15.3. The third-order valence-electron chi connectivity index (χ3n) is 3.48. The van der Waals surface area contributed by atoms with E-state index in [1.165, 1.54) is 12.0 Å². The first-order valence-electron chi connectivity index (χ1n) is 7.19. The fourth-order valence-corrected chi connectivity index (χ4v) is 2.00. The molecule has 0 spiro atoms. The molecule has 104 valence electrons. The summed E-state index contributed by atoms with van der Waals surface area (Å²) in [4.78, 5) is 2.46. The second-order valence-electron chi connectivity index (χ2n) is 4.99. The first-order chi connectivity index (χ1) is 8.71. The van der Waals surface area contributed by atoms with Gasteiger partial charge in [0, 0.05) is 18.7 Å². The molecule has 0 aliphatic carbocycles. The minimum Gasteiger partial charge on any atom is -0.468 e. The van der Waals surface area contributed by atoms with Crippen LogP contribution in [0.4, 0.5) is 0 Å². The van der Waals surface area contributed by atoms with Crippen LogP contribution in [0.1, 0.15) is 45.4 Å². The molecule has 0 aliphatic rings. The number of nitrogens with zero attached hydrogens (tertiary/aromatic N) is 1. The molecular formula is C15H28N2O. The van der Waals surface area contributed by atoms with Crippen molar-refractivity contribution in [3.63, 3.8) is 0 Å². The van der Waals surface area contributed by atoms with E-state index in [0.717, 1.165) is 44.4 Å². The van der Waals surface area contributed by atoms with Gasteiger partial charge < -0.3 is 9.73 Å². The standard InChI is InChI=1S/C15H28N2O/c1-5-13(4)11-17(7-3)12-15-14(8-9-18-15)10-16-6-2/h8-9,13,16H,5-7,10-12H2,1-4H3. The summed E-state index contributed by atoms with van der Waals surface area (Å²) in [5.74, 6) is 1.86. The summed E-state index contributed by atoms with van der Waals surface area (Å²) in [6, 6.07) is 2.08. The Morgan fingerprint density at radius 1 is 1.33 bits per heavy atom. The van der Waals surface area contributed by atoms with Crippen LogP contribution in [0.25, 0.3) is 0 Å². The van der Waals surface area contributed by atoms with Crippen molar-refractivity contribution in [2.24, 2.45) is 5.92 Å². The maximum Gasteiger partial charge on any atom is 0.122 e. The summed E-state index contributed by atoms with van der Waals surface area (Å²) in [5, 5.41) is 3.36. The lowest BCUT2D eigenvalue weighted by Crippen LogP contribution is -2.28. The van der Waals surface area contributed by atoms with Crippen LogP contribution in [0.15, 0.2) is 16.7 Å². The Morgan fingerprint density at radius 2 is 2.11 bits per heavy atom. The minimum absolute atomic E-state index is 0.747. The van der Waals surface area contributed by atoms with Crippen molar-refractivity contribution in [3.8, 4) is 0 Å². The summed E-state index contributed by atoms with van der Waals surface area (Å²) in [7, 11) is 0. The molecule has 3 nitrogen and oxygen atoms in total. The van der Waals surface area contributed by atoms with E-state index in [1.807, 2.05) is 0 Å². The lowest BCUT2D eigenvalue weighted by atomic mass is 10.1. The highest BCUT2D eigenvalue weighted by Crippen LogP contribution is 2.15. The highest BCUT2D eigenvalue weighted by atomic mass is 16.3. The van der Waals surface area contributed by atoms with Crippen molar-refractivity contribution in [1.82, 2.24) is 10.2 Å². The molecule has 0 radical (unpaired) electrons. The Hall–Kier alpha value is -0.800. The van der Waals surface area contributed by atoms with Gasteiger partial charge in [0.15, 0.2) is 0 Å². The number of furan rings is 1. The number of rotatable bonds is 9. The zero-order valence-electron chi connectivity index (χ0n) is 12.3. The van der Waals surface area contributed by atoms with E-state index in [2.05, 4.69) is 44.0 Å². The fraction of sp³-hybridized carbons (Fsp3) is 0.733. The SMILES string of the molecule is CCNCc1ccoc1CN(CC)CC(C)CC. The summed E-state index contributed by atoms with van der Waals surface area (Å²) in [5.41, 5.74) is 1.29. The topological polar surface area (TPSA) is 28.4 Å². The lowest BCUT2D eigenvalue weighted by molar-refractivity contribution is 0.219. The van der Waals surface area contributed by atoms with E-state index in [9.17, 15) is 0 Å². The van der Waals surface area contributed by atoms with Crippen LogP contribution in [0, 0.1) is 5.92 Å². The van der Waals surface area contributed by atoms with Crippen molar-refractivity contribution in [1.29, 1.82) is 0 Å². The molecule has 0 aliphatic heterocycles. The van der Waals surface area contributed by atoms with Crippen molar-refractivity contribution in [2.75, 3.05) is 19.6 Å². The van der Waals surface area contributed by atoms with Gasteiger partial charge in [-0.25, -0.2) is 0 Å². The molecule has 3 heteroatoms. The van der Waals surface area contributed by atoms with E-state index < -0.39 is 0 Å². The molecule has 1 rings (SSSR count). The van der Waals surface area contributed by atoms with E-state index >= 15 is 0 Å². The van der Waals surface area contributed by atoms with Crippen LogP contribution in [0.3, 0.4) is 0 Å². The molecule has 0 fully saturated rings. The van der Waals surface area contributed by atoms with Gasteiger partial charge in [0.1, 0.15) is 5.76 Å². The third-order valence-corrected chi connectivity index (χ3v) is 3.48. The summed E-state index contributed by atoms with van der Waals surface area (Å²) in [6.07, 6.45) is 3.04. The zero-order valence-corrected chi connectivity index (χ0v) is 12.3. The highest BCUT2D eigenvalue weighted by Gasteiger charge is 2.12. The van der Waals surface area contributed by atoms with Gasteiger partial charge in [-0.15, -0.1) is 0 Å². The quantitative estimate of drug-likeness (QED) is 0.731. The second kappa shape index (κ2) is 8.33. The molecule has 0 aromatic carbocycles. The molecule has 0 amide bonds. The fourth-order valence-electron chi connectivity index (χ4n) is 2.00. The Labute approximate surface area is 112 Å². The number of hydrogen-bond acceptors (Lipinski definition) is 3. The molecule has 1 unspecified atom stereocenters. The minimum atomic E-state index is 0.747. The van der Waals surface area contributed by atoms with E-state index in [4.69, 9.17) is 4.42 Å². The smallest absolute Gasteiger partial charge is 0.122 e. The molecule has 1 aromatic heterocycles. The van der Waals surface area contributed by atoms with Gasteiger partial charge in [-0.3, -0.25) is 4.90 Å². The van der Waals surface area contributed by atoms with E-state index in [0.29, 0.717) is 0 Å². The average Bonchev–Trinajstić information content (AvgIpc) is 2.82. The largest absolute Gasteiger partial charge is 0.468 e. The van der Waals surface area contributed by atoms with Gasteiger partial charge in [0.25, 0.3) is 0 Å². The third kappa shape index (κ3) is 4.83. The van der Waals surface area contributed by atoms with Gasteiger partial charge in [-0.2, -0.15) is 0 Å². The zero-order chi connectivity index (χ0) is 13.4. The Kier molecular flexibility index (Phi) is 7.06. The molecule has 1 atom stereocenters. The predicted octanol–water partition coefficient (Wildman–Crippen LogP) is 3.26. The lowest BCUT2D eigenvalue weighted by Gasteiger charge is -2.23. The number of nitrogens with one attached hydrogen (secondary N) is 1. The molecule has 0 saturated heterocycles. The maximum absolute atomic E-state index is 5.63. The number of hydrogen-bond donors (Lipinski definition) is 1. The van der Waals surface area contributed by atoms with Crippen LogP contribution in [-0.4, -0.2) is 24.5 Å². The molecule has 1 heterocycles. The van der Waals surface area contributed by atoms with Crippen molar-refractivity contribution >= 4 is 0 Å². The molecule has 0 saturated carbocycles. The van der Waals surface area contributed by atoms with Crippen LogP contribution in [-0.2, 0) is 13.1 Å². The Bertz CT molecular complexity index is 322. The predicted molar refractivity (Wildman–Crippen MR) is 76.5 cm³/mol. The summed E-state index contributed by atoms with van der Waals surface area (Å²) in [6.45, 7) is 14.0. The van der Waals surface area contributed by atoms with E-state index in [1.54, 1.807) is 6.26 Å². The van der Waals surface area contributed by atoms with Crippen LogP contribution < -0.4 is 5.32 Å². The van der Waals surface area contributed by atoms with Gasteiger partial charge in [0.2, 0.25) is 0 Å². The summed E-state index contributed by atoms with van der Waals surface area (Å²) < 4.78 is 5.63. The van der Waals surface area contributed by atoms with Crippen molar-refractivity contribution < 1.29 is 4.42 Å². The van der Waals surface area contributed by atoms with Crippen LogP contribution in [0.5, 0.6) is 0 Å². The molecule has 18 heavy (non-hydrogen) atoms. The van der Waals surface area contributed by atoms with Crippen molar-refractivity contribution in [3.05, 3.63) is 23.7 Å². The first-order valence-corrected chi connectivity index (χ1v) is 7.19. The van der Waals surface area contributed by atoms with Gasteiger partial charge in [0.05, 0.1) is 12.8 Å². The Morgan fingerprint density at radius 3 is 2.72 bits per heavy atom. The molecule has 0 bridgehead atoms. The Balaban J connectivity index is 2.55. The van der Waals surface area contributed by atoms with Crippen LogP contribution in [0.2, 0.25) is 0 Å². The van der Waals surface area contributed by atoms with E-state index in [-0.39, 0.29) is 0 Å². The van der Waals surface area contributed by atoms with Gasteiger partial charge >= 0.3 is 0 Å². The van der Waals surface area contributed by atoms with Crippen LogP contribution >= 0.6 is 0 Å². The monoisotopic (exact) mass is 252 g/mol. The normalized spacial score (nSPS) is 13.2. The molecular weight excluding hydrogens is 224 g/mol. The highest BCUT2D eigenvalue weighted by molar-refractivity contribution is 5.16. The van der Waals surface area contributed by atoms with Gasteiger partial charge in [-0.05, 0) is 25.1 Å². The van der Waals surface area contributed by atoms with Crippen molar-refractivity contribution in [2.45, 2.75) is 47.2 Å². The average molecular weight is 252 g/mol. The molecule has 1 aromatic rings. The maximum atomic E-state index is 5.63. The van der Waals surface area contributed by atoms with Gasteiger partial charge in [-0.1, -0.05) is 34.1 Å². The molecule has 1 N–H and O–H groups in total.